The van der Waals surface area contributed by atoms with E-state index in [2.05, 4.69) is 15.8 Å². The number of carbonyl (C=O) groups excluding carboxylic acids is 1. The molecule has 0 bridgehead atoms. The molecule has 0 fully saturated rings. The Kier molecular flexibility index (Phi) is 4.74. The number of oxime groups is 1. The van der Waals surface area contributed by atoms with Gasteiger partial charge in [0.25, 0.3) is 0 Å². The summed E-state index contributed by atoms with van der Waals surface area (Å²) in [6.07, 6.45) is 0.366. The predicted octanol–water partition coefficient (Wildman–Crippen LogP) is 1.90. The van der Waals surface area contributed by atoms with Crippen LogP contribution in [0, 0.1) is 0 Å². The first-order chi connectivity index (χ1) is 8.80. The third-order valence-electron chi connectivity index (χ3n) is 2.21. The Morgan fingerprint density at radius 3 is 2.37 bits per heavy atom. The van der Waals surface area contributed by atoms with Crippen LogP contribution in [0.2, 0.25) is 0 Å². The molecule has 104 valence electrons. The van der Waals surface area contributed by atoms with Crippen LogP contribution < -0.4 is 16.4 Å². The number of anilines is 1. The Labute approximate surface area is 112 Å². The smallest absolute Gasteiger partial charge is 0.319 e. The van der Waals surface area contributed by atoms with Crippen LogP contribution >= 0.6 is 0 Å². The molecule has 19 heavy (non-hydrogen) atoms. The van der Waals surface area contributed by atoms with Crippen LogP contribution in [0.25, 0.3) is 0 Å². The number of nitrogens with zero attached hydrogens (tertiary/aromatic N) is 1. The lowest BCUT2D eigenvalue weighted by molar-refractivity contribution is 0.244. The van der Waals surface area contributed by atoms with Crippen LogP contribution in [0.5, 0.6) is 0 Å². The molecule has 6 heteroatoms. The van der Waals surface area contributed by atoms with Gasteiger partial charge in [0.15, 0.2) is 0 Å². The monoisotopic (exact) mass is 264 g/mol. The number of amides is 2. The quantitative estimate of drug-likeness (QED) is 0.290. The van der Waals surface area contributed by atoms with E-state index in [0.29, 0.717) is 12.1 Å². The van der Waals surface area contributed by atoms with E-state index in [1.54, 1.807) is 12.1 Å². The van der Waals surface area contributed by atoms with Crippen molar-refractivity contribution in [2.45, 2.75) is 32.7 Å². The molecule has 0 radical (unpaired) electrons. The number of amidine groups is 1. The van der Waals surface area contributed by atoms with E-state index in [9.17, 15) is 4.79 Å². The Hall–Kier alpha value is -2.24. The number of hydrogen-bond donors (Lipinski definition) is 4. The second-order valence-corrected chi connectivity index (χ2v) is 5.29. The van der Waals surface area contributed by atoms with Crippen LogP contribution in [-0.4, -0.2) is 22.6 Å². The average molecular weight is 264 g/mol. The number of benzene rings is 1. The Balaban J connectivity index is 2.60. The zero-order valence-corrected chi connectivity index (χ0v) is 11.4. The molecule has 0 aliphatic carbocycles. The molecule has 0 aromatic heterocycles. The molecule has 6 nitrogen and oxygen atoms in total. The number of nitrogens with one attached hydrogen (secondary N) is 2. The standard InChI is InChI=1S/C13H20N4O2/c1-13(2,3)16-12(18)15-10-6-4-9(5-7-10)8-11(14)17-19/h4-7,19H,8H2,1-3H3,(H2,14,17)(H2,15,16,18). The fourth-order valence-corrected chi connectivity index (χ4v) is 1.45. The summed E-state index contributed by atoms with van der Waals surface area (Å²) in [4.78, 5) is 11.6. The first-order valence-electron chi connectivity index (χ1n) is 5.94. The topological polar surface area (TPSA) is 99.7 Å². The molecule has 0 saturated carbocycles. The summed E-state index contributed by atoms with van der Waals surface area (Å²) in [5.74, 6) is 0.145. The predicted molar refractivity (Wildman–Crippen MR) is 75.5 cm³/mol. The SMILES string of the molecule is CC(C)(C)NC(=O)Nc1ccc(C/C(N)=N/O)cc1. The average Bonchev–Trinajstić information content (AvgIpc) is 2.29. The Bertz CT molecular complexity index is 461. The van der Waals surface area contributed by atoms with Gasteiger partial charge in [-0.3, -0.25) is 0 Å². The van der Waals surface area contributed by atoms with Crippen molar-refractivity contribution in [3.05, 3.63) is 29.8 Å². The highest BCUT2D eigenvalue weighted by Crippen LogP contribution is 2.10. The fourth-order valence-electron chi connectivity index (χ4n) is 1.45. The highest BCUT2D eigenvalue weighted by atomic mass is 16.4. The zero-order chi connectivity index (χ0) is 14.5. The van der Waals surface area contributed by atoms with Gasteiger partial charge in [-0.2, -0.15) is 0 Å². The number of nitrogens with two attached hydrogens (primary N) is 1. The van der Waals surface area contributed by atoms with Gasteiger partial charge in [-0.15, -0.1) is 0 Å². The highest BCUT2D eigenvalue weighted by molar-refractivity contribution is 5.89. The number of carbonyl (C=O) groups is 1. The summed E-state index contributed by atoms with van der Waals surface area (Å²) in [5, 5.41) is 16.9. The number of hydrogen-bond acceptors (Lipinski definition) is 3. The molecular formula is C13H20N4O2. The molecule has 2 amide bonds. The van der Waals surface area contributed by atoms with Crippen molar-refractivity contribution in [1.82, 2.24) is 5.32 Å². The summed E-state index contributed by atoms with van der Waals surface area (Å²) >= 11 is 0. The molecule has 0 aliphatic heterocycles. The minimum atomic E-state index is -0.282. The molecule has 0 atom stereocenters. The summed E-state index contributed by atoms with van der Waals surface area (Å²) in [5.41, 5.74) is 6.72. The molecule has 0 unspecified atom stereocenters. The van der Waals surface area contributed by atoms with E-state index >= 15 is 0 Å². The molecule has 5 N–H and O–H groups in total. The van der Waals surface area contributed by atoms with Gasteiger partial charge in [0.1, 0.15) is 5.84 Å². The number of rotatable bonds is 3. The van der Waals surface area contributed by atoms with Crippen LogP contribution in [0.15, 0.2) is 29.4 Å². The fraction of sp³-hybridized carbons (Fsp3) is 0.385. The number of urea groups is 1. The van der Waals surface area contributed by atoms with Crippen molar-refractivity contribution < 1.29 is 10.0 Å². The van der Waals surface area contributed by atoms with Gasteiger partial charge in [-0.25, -0.2) is 4.79 Å². The molecular weight excluding hydrogens is 244 g/mol. The Morgan fingerprint density at radius 2 is 1.89 bits per heavy atom. The van der Waals surface area contributed by atoms with Crippen molar-refractivity contribution in [1.29, 1.82) is 0 Å². The largest absolute Gasteiger partial charge is 0.409 e. The highest BCUT2D eigenvalue weighted by Gasteiger charge is 2.13. The minimum absolute atomic E-state index is 0.145. The Morgan fingerprint density at radius 1 is 1.32 bits per heavy atom. The van der Waals surface area contributed by atoms with Crippen molar-refractivity contribution in [3.63, 3.8) is 0 Å². The van der Waals surface area contributed by atoms with Crippen LogP contribution in [0.4, 0.5) is 10.5 Å². The molecule has 1 aromatic rings. The first-order valence-corrected chi connectivity index (χ1v) is 5.94. The summed E-state index contributed by atoms with van der Waals surface area (Å²) in [6.45, 7) is 5.73. The van der Waals surface area contributed by atoms with Crippen molar-refractivity contribution in [2.75, 3.05) is 5.32 Å². The molecule has 0 spiro atoms. The van der Waals surface area contributed by atoms with E-state index < -0.39 is 0 Å². The van der Waals surface area contributed by atoms with Crippen LogP contribution in [0.3, 0.4) is 0 Å². The lowest BCUT2D eigenvalue weighted by atomic mass is 10.1. The van der Waals surface area contributed by atoms with E-state index in [1.165, 1.54) is 0 Å². The van der Waals surface area contributed by atoms with Gasteiger partial charge in [0.2, 0.25) is 0 Å². The third-order valence-corrected chi connectivity index (χ3v) is 2.21. The van der Waals surface area contributed by atoms with Crippen LogP contribution in [-0.2, 0) is 6.42 Å². The third kappa shape index (κ3) is 5.76. The summed E-state index contributed by atoms with van der Waals surface area (Å²) < 4.78 is 0. The maximum atomic E-state index is 11.6. The first kappa shape index (κ1) is 14.8. The van der Waals surface area contributed by atoms with E-state index in [-0.39, 0.29) is 17.4 Å². The van der Waals surface area contributed by atoms with Gasteiger partial charge >= 0.3 is 6.03 Å². The summed E-state index contributed by atoms with van der Waals surface area (Å²) in [6, 6.07) is 6.90. The van der Waals surface area contributed by atoms with E-state index in [1.807, 2.05) is 32.9 Å². The lowest BCUT2D eigenvalue weighted by Crippen LogP contribution is -2.43. The molecule has 1 aromatic carbocycles. The second-order valence-electron chi connectivity index (χ2n) is 5.29. The maximum absolute atomic E-state index is 11.6. The van der Waals surface area contributed by atoms with Crippen molar-refractivity contribution >= 4 is 17.6 Å². The zero-order valence-electron chi connectivity index (χ0n) is 11.4. The van der Waals surface area contributed by atoms with Crippen molar-refractivity contribution in [3.8, 4) is 0 Å². The van der Waals surface area contributed by atoms with E-state index in [4.69, 9.17) is 10.9 Å². The van der Waals surface area contributed by atoms with Gasteiger partial charge in [-0.05, 0) is 38.5 Å². The van der Waals surface area contributed by atoms with Gasteiger partial charge in [0, 0.05) is 17.6 Å². The second kappa shape index (κ2) is 6.08. The summed E-state index contributed by atoms with van der Waals surface area (Å²) in [7, 11) is 0. The van der Waals surface area contributed by atoms with E-state index in [0.717, 1.165) is 5.56 Å². The van der Waals surface area contributed by atoms with Crippen LogP contribution in [0.1, 0.15) is 26.3 Å². The van der Waals surface area contributed by atoms with Crippen molar-refractivity contribution in [2.24, 2.45) is 10.9 Å². The van der Waals surface area contributed by atoms with Gasteiger partial charge < -0.3 is 21.6 Å². The minimum Gasteiger partial charge on any atom is -0.409 e. The lowest BCUT2D eigenvalue weighted by Gasteiger charge is -2.20. The van der Waals surface area contributed by atoms with Gasteiger partial charge in [-0.1, -0.05) is 17.3 Å². The molecule has 0 heterocycles. The van der Waals surface area contributed by atoms with Gasteiger partial charge in [0.05, 0.1) is 0 Å². The molecule has 1 rings (SSSR count). The molecule has 0 aliphatic rings. The maximum Gasteiger partial charge on any atom is 0.319 e. The normalized spacial score (nSPS) is 12.1. The molecule has 0 saturated heterocycles.